The number of unbranched alkanes of at least 4 members (excludes halogenated alkanes) is 1. The van der Waals surface area contributed by atoms with Crippen molar-refractivity contribution in [3.63, 3.8) is 0 Å². The highest BCUT2D eigenvalue weighted by Crippen LogP contribution is 2.27. The van der Waals surface area contributed by atoms with Crippen LogP contribution in [0.25, 0.3) is 0 Å². The topological polar surface area (TPSA) is 46.2 Å². The summed E-state index contributed by atoms with van der Waals surface area (Å²) in [6, 6.07) is 1.81. The Morgan fingerprint density at radius 2 is 1.76 bits per heavy atom. The number of allylic oxidation sites excluding steroid dienone is 4. The molecule has 3 nitrogen and oxygen atoms in total. The third kappa shape index (κ3) is 3.13. The molecule has 0 fully saturated rings. The second-order valence-corrected chi connectivity index (χ2v) is 5.32. The van der Waals surface area contributed by atoms with E-state index in [-0.39, 0.29) is 11.8 Å². The summed E-state index contributed by atoms with van der Waals surface area (Å²) in [6.07, 6.45) is 11.1. The molecule has 21 heavy (non-hydrogen) atoms. The Bertz CT molecular complexity index is 639. The van der Waals surface area contributed by atoms with E-state index in [0.29, 0.717) is 17.5 Å². The molecule has 3 heteroatoms. The van der Waals surface area contributed by atoms with E-state index < -0.39 is 0 Å². The average Bonchev–Trinajstić information content (AvgIpc) is 2.72. The SMILES string of the molecule is CC=CCCC=CCc1c(C)c(C)cc2c1C(=O)NC2=O. The fraction of sp³-hybridized carbons (Fsp3) is 0.333. The number of nitrogens with one attached hydrogen (secondary N) is 1. The van der Waals surface area contributed by atoms with Gasteiger partial charge in [0.05, 0.1) is 11.1 Å². The molecule has 1 aliphatic heterocycles. The van der Waals surface area contributed by atoms with Gasteiger partial charge in [-0.15, -0.1) is 0 Å². The summed E-state index contributed by atoms with van der Waals surface area (Å²) in [6.45, 7) is 6.00. The summed E-state index contributed by atoms with van der Waals surface area (Å²) in [5.74, 6) is -0.549. The molecule has 0 atom stereocenters. The molecular weight excluding hydrogens is 262 g/mol. The standard InChI is InChI=1S/C18H21NO2/c1-4-5-6-7-8-9-10-14-13(3)12(2)11-15-16(14)18(21)19-17(15)20/h4-5,8-9,11H,6-7,10H2,1-3H3,(H,19,20,21). The largest absolute Gasteiger partial charge is 0.288 e. The van der Waals surface area contributed by atoms with Crippen LogP contribution in [0.3, 0.4) is 0 Å². The molecule has 0 saturated carbocycles. The van der Waals surface area contributed by atoms with Crippen LogP contribution in [0.2, 0.25) is 0 Å². The maximum atomic E-state index is 12.0. The highest BCUT2D eigenvalue weighted by atomic mass is 16.2. The molecule has 0 saturated heterocycles. The van der Waals surface area contributed by atoms with Crippen LogP contribution in [0.5, 0.6) is 0 Å². The minimum absolute atomic E-state index is 0.268. The van der Waals surface area contributed by atoms with Crippen molar-refractivity contribution in [2.24, 2.45) is 0 Å². The summed E-state index contributed by atoms with van der Waals surface area (Å²) in [4.78, 5) is 23.8. The number of aryl methyl sites for hydroxylation is 1. The molecule has 1 aromatic carbocycles. The lowest BCUT2D eigenvalue weighted by atomic mass is 9.92. The third-order valence-electron chi connectivity index (χ3n) is 3.90. The van der Waals surface area contributed by atoms with Crippen LogP contribution in [0.1, 0.15) is 57.2 Å². The van der Waals surface area contributed by atoms with E-state index in [2.05, 4.69) is 23.5 Å². The van der Waals surface area contributed by atoms with Gasteiger partial charge in [-0.1, -0.05) is 24.3 Å². The minimum atomic E-state index is -0.281. The highest BCUT2D eigenvalue weighted by Gasteiger charge is 2.30. The number of hydrogen-bond donors (Lipinski definition) is 1. The Morgan fingerprint density at radius 3 is 2.48 bits per heavy atom. The highest BCUT2D eigenvalue weighted by molar-refractivity contribution is 6.22. The number of fused-ring (bicyclic) bond motifs is 1. The zero-order valence-corrected chi connectivity index (χ0v) is 12.8. The molecule has 0 spiro atoms. The quantitative estimate of drug-likeness (QED) is 0.509. The van der Waals surface area contributed by atoms with Gasteiger partial charge in [-0.25, -0.2) is 0 Å². The fourth-order valence-corrected chi connectivity index (χ4v) is 2.59. The van der Waals surface area contributed by atoms with Crippen molar-refractivity contribution in [1.29, 1.82) is 0 Å². The molecule has 0 radical (unpaired) electrons. The average molecular weight is 283 g/mol. The van der Waals surface area contributed by atoms with Crippen LogP contribution >= 0.6 is 0 Å². The first-order chi connectivity index (χ1) is 10.1. The molecule has 0 bridgehead atoms. The maximum absolute atomic E-state index is 12.0. The monoisotopic (exact) mass is 283 g/mol. The van der Waals surface area contributed by atoms with E-state index in [9.17, 15) is 9.59 Å². The van der Waals surface area contributed by atoms with Gasteiger partial charge in [0.2, 0.25) is 0 Å². The van der Waals surface area contributed by atoms with Crippen molar-refractivity contribution in [3.8, 4) is 0 Å². The van der Waals surface area contributed by atoms with Crippen molar-refractivity contribution in [2.75, 3.05) is 0 Å². The first-order valence-electron chi connectivity index (χ1n) is 7.31. The molecular formula is C18H21NO2. The normalized spacial score (nSPS) is 14.2. The number of hydrogen-bond acceptors (Lipinski definition) is 2. The van der Waals surface area contributed by atoms with Gasteiger partial charge in [-0.2, -0.15) is 0 Å². The van der Waals surface area contributed by atoms with E-state index in [1.165, 1.54) is 0 Å². The van der Waals surface area contributed by atoms with Crippen LogP contribution in [-0.4, -0.2) is 11.8 Å². The summed E-state index contributed by atoms with van der Waals surface area (Å²) >= 11 is 0. The molecule has 1 aliphatic rings. The van der Waals surface area contributed by atoms with E-state index in [4.69, 9.17) is 0 Å². The van der Waals surface area contributed by atoms with Crippen LogP contribution in [-0.2, 0) is 6.42 Å². The summed E-state index contributed by atoms with van der Waals surface area (Å²) < 4.78 is 0. The van der Waals surface area contributed by atoms with Gasteiger partial charge in [-0.05, 0) is 62.8 Å². The van der Waals surface area contributed by atoms with Crippen molar-refractivity contribution in [2.45, 2.75) is 40.0 Å². The Morgan fingerprint density at radius 1 is 1.05 bits per heavy atom. The van der Waals surface area contributed by atoms with E-state index in [1.807, 2.05) is 32.9 Å². The van der Waals surface area contributed by atoms with Gasteiger partial charge in [0.15, 0.2) is 0 Å². The van der Waals surface area contributed by atoms with Gasteiger partial charge < -0.3 is 0 Å². The predicted octanol–water partition coefficient (Wildman–Crippen LogP) is 3.64. The minimum Gasteiger partial charge on any atom is -0.288 e. The van der Waals surface area contributed by atoms with Crippen LogP contribution in [0.4, 0.5) is 0 Å². The van der Waals surface area contributed by atoms with Crippen molar-refractivity contribution >= 4 is 11.8 Å². The molecule has 2 rings (SSSR count). The zero-order chi connectivity index (χ0) is 15.4. The third-order valence-corrected chi connectivity index (χ3v) is 3.90. The van der Waals surface area contributed by atoms with Crippen molar-refractivity contribution < 1.29 is 9.59 Å². The number of imide groups is 1. The zero-order valence-electron chi connectivity index (χ0n) is 12.8. The van der Waals surface area contributed by atoms with Crippen molar-refractivity contribution in [3.05, 3.63) is 58.2 Å². The number of carbonyl (C=O) groups is 2. The fourth-order valence-electron chi connectivity index (χ4n) is 2.59. The molecule has 1 heterocycles. The van der Waals surface area contributed by atoms with Gasteiger partial charge in [0, 0.05) is 0 Å². The number of rotatable bonds is 5. The second kappa shape index (κ2) is 6.53. The summed E-state index contributed by atoms with van der Waals surface area (Å²) in [5.41, 5.74) is 4.19. The first kappa shape index (κ1) is 15.2. The van der Waals surface area contributed by atoms with Gasteiger partial charge in [0.1, 0.15) is 0 Å². The lowest BCUT2D eigenvalue weighted by Gasteiger charge is -2.11. The van der Waals surface area contributed by atoms with Crippen LogP contribution < -0.4 is 5.32 Å². The first-order valence-corrected chi connectivity index (χ1v) is 7.31. The van der Waals surface area contributed by atoms with Gasteiger partial charge in [0.25, 0.3) is 11.8 Å². The Labute approximate surface area is 125 Å². The Balaban J connectivity index is 2.25. The summed E-state index contributed by atoms with van der Waals surface area (Å²) in [5, 5.41) is 2.38. The Kier molecular flexibility index (Phi) is 4.73. The molecule has 1 aromatic rings. The number of amides is 2. The van der Waals surface area contributed by atoms with Gasteiger partial charge >= 0.3 is 0 Å². The maximum Gasteiger partial charge on any atom is 0.259 e. The Hall–Kier alpha value is -2.16. The predicted molar refractivity (Wildman–Crippen MR) is 84.6 cm³/mol. The molecule has 110 valence electrons. The smallest absolute Gasteiger partial charge is 0.259 e. The number of benzene rings is 1. The number of carbonyl (C=O) groups excluding carboxylic acids is 2. The van der Waals surface area contributed by atoms with Crippen molar-refractivity contribution in [1.82, 2.24) is 5.32 Å². The van der Waals surface area contributed by atoms with Crippen LogP contribution in [0.15, 0.2) is 30.4 Å². The summed E-state index contributed by atoms with van der Waals surface area (Å²) in [7, 11) is 0. The molecule has 0 aromatic heterocycles. The van der Waals surface area contributed by atoms with Gasteiger partial charge in [-0.3, -0.25) is 14.9 Å². The van der Waals surface area contributed by atoms with E-state index in [0.717, 1.165) is 29.5 Å². The second-order valence-electron chi connectivity index (χ2n) is 5.32. The molecule has 1 N–H and O–H groups in total. The van der Waals surface area contributed by atoms with E-state index in [1.54, 1.807) is 0 Å². The van der Waals surface area contributed by atoms with E-state index >= 15 is 0 Å². The van der Waals surface area contributed by atoms with Crippen LogP contribution in [0, 0.1) is 13.8 Å². The lowest BCUT2D eigenvalue weighted by Crippen LogP contribution is -2.20. The molecule has 0 unspecified atom stereocenters. The molecule has 2 amide bonds. The lowest BCUT2D eigenvalue weighted by molar-refractivity contribution is 0.0879. The molecule has 0 aliphatic carbocycles.